The molecule has 1 aliphatic carbocycles. The number of nitrogens with zero attached hydrogens (tertiary/aromatic N) is 1. The molecule has 0 radical (unpaired) electrons. The molecule has 0 aromatic heterocycles. The Labute approximate surface area is 166 Å². The van der Waals surface area contributed by atoms with Gasteiger partial charge in [-0.25, -0.2) is 0 Å². The molecule has 0 aromatic carbocycles. The molecule has 0 unspecified atom stereocenters. The summed E-state index contributed by atoms with van der Waals surface area (Å²) in [5, 5.41) is 0. The van der Waals surface area contributed by atoms with Crippen molar-refractivity contribution in [3.8, 4) is 0 Å². The van der Waals surface area contributed by atoms with E-state index in [2.05, 4.69) is 65.1 Å². The maximum absolute atomic E-state index is 6.71. The fraction of sp³-hybridized carbons (Fsp3) is 0.944. The quantitative estimate of drug-likeness (QED) is 0.301. The van der Waals surface area contributed by atoms with Crippen molar-refractivity contribution in [2.24, 2.45) is 4.99 Å². The minimum atomic E-state index is -2.69. The summed E-state index contributed by atoms with van der Waals surface area (Å²) in [4.78, 5) is 4.84. The van der Waals surface area contributed by atoms with Crippen LogP contribution >= 0.6 is 0 Å². The molecule has 4 nitrogen and oxygen atoms in total. The lowest BCUT2D eigenvalue weighted by molar-refractivity contribution is 0.253. The van der Waals surface area contributed by atoms with E-state index in [4.69, 9.17) is 17.3 Å². The van der Waals surface area contributed by atoms with Gasteiger partial charge in [-0.1, -0.05) is 19.3 Å². The average molecular weight is 434 g/mol. The number of aliphatic imine (C=N–C) groups is 1. The second-order valence-electron chi connectivity index (χ2n) is 10.5. The van der Waals surface area contributed by atoms with Gasteiger partial charge in [-0.15, -0.1) is 0 Å². The lowest BCUT2D eigenvalue weighted by Gasteiger charge is -2.42. The molecule has 1 rings (SSSR count). The van der Waals surface area contributed by atoms with Crippen LogP contribution in [-0.2, 0) is 12.3 Å². The minimum Gasteiger partial charge on any atom is -0.417 e. The molecule has 0 aliphatic heterocycles. The van der Waals surface area contributed by atoms with Crippen LogP contribution in [0.25, 0.3) is 0 Å². The Kier molecular flexibility index (Phi) is 9.17. The van der Waals surface area contributed by atoms with Crippen LogP contribution in [0.3, 0.4) is 0 Å². The maximum atomic E-state index is 6.71. The van der Waals surface area contributed by atoms with Crippen molar-refractivity contribution in [2.75, 3.05) is 0 Å². The molecular weight excluding hydrogens is 391 g/mol. The molecule has 0 amide bonds. The standard InChI is InChI=1S/C18H43NO3Si4/c1-23(2,3)20-26(21-24(4,5)6,22-25(7,8)9)17-13-16-19-18-14-11-10-12-15-18/h16,18H,10-15,17H2,1-9H3. The van der Waals surface area contributed by atoms with Gasteiger partial charge in [0.2, 0.25) is 0 Å². The Morgan fingerprint density at radius 3 is 1.54 bits per heavy atom. The zero-order valence-corrected chi connectivity index (χ0v) is 22.8. The first-order valence-electron chi connectivity index (χ1n) is 10.3. The molecule has 0 saturated heterocycles. The van der Waals surface area contributed by atoms with Gasteiger partial charge in [-0.2, -0.15) is 0 Å². The Bertz CT molecular complexity index is 406. The Balaban J connectivity index is 2.89. The van der Waals surface area contributed by atoms with Crippen LogP contribution < -0.4 is 0 Å². The van der Waals surface area contributed by atoms with E-state index in [0.717, 1.165) is 12.5 Å². The monoisotopic (exact) mass is 433 g/mol. The Hall–Kier alpha value is 0.418. The van der Waals surface area contributed by atoms with E-state index >= 15 is 0 Å². The third-order valence-corrected chi connectivity index (χ3v) is 15.8. The van der Waals surface area contributed by atoms with Gasteiger partial charge in [0.25, 0.3) is 0 Å². The number of hydrogen-bond acceptors (Lipinski definition) is 4. The normalized spacial score (nSPS) is 18.7. The van der Waals surface area contributed by atoms with Crippen molar-refractivity contribution >= 4 is 40.0 Å². The molecule has 154 valence electrons. The SMILES string of the molecule is C[Si](C)(C)O[Si](CCC=NC1CCCCC1)(O[Si](C)(C)C)O[Si](C)(C)C. The van der Waals surface area contributed by atoms with Gasteiger partial charge in [-0.3, -0.25) is 4.99 Å². The van der Waals surface area contributed by atoms with Crippen molar-refractivity contribution in [3.63, 3.8) is 0 Å². The summed E-state index contributed by atoms with van der Waals surface area (Å²) in [5.74, 6) is 0. The van der Waals surface area contributed by atoms with Gasteiger partial charge in [0.15, 0.2) is 25.0 Å². The zero-order valence-electron chi connectivity index (χ0n) is 18.8. The summed E-state index contributed by atoms with van der Waals surface area (Å²) in [5.41, 5.74) is 0. The summed E-state index contributed by atoms with van der Waals surface area (Å²) >= 11 is 0. The highest BCUT2D eigenvalue weighted by Crippen LogP contribution is 2.29. The van der Waals surface area contributed by atoms with E-state index < -0.39 is 33.8 Å². The second-order valence-corrected chi connectivity index (χ2v) is 27.5. The molecule has 0 spiro atoms. The third kappa shape index (κ3) is 11.3. The molecule has 0 aromatic rings. The lowest BCUT2D eigenvalue weighted by Crippen LogP contribution is -2.60. The van der Waals surface area contributed by atoms with Crippen LogP contribution in [0.5, 0.6) is 0 Å². The Morgan fingerprint density at radius 1 is 0.731 bits per heavy atom. The van der Waals surface area contributed by atoms with E-state index in [-0.39, 0.29) is 0 Å². The zero-order chi connectivity index (χ0) is 20.1. The first kappa shape index (κ1) is 24.5. The molecule has 0 atom stereocenters. The summed E-state index contributed by atoms with van der Waals surface area (Å²) in [7, 11) is -8.01. The van der Waals surface area contributed by atoms with Crippen molar-refractivity contribution < 1.29 is 12.3 Å². The van der Waals surface area contributed by atoms with Crippen LogP contribution in [0.2, 0.25) is 65.0 Å². The first-order chi connectivity index (χ1) is 11.7. The summed E-state index contributed by atoms with van der Waals surface area (Å²) in [6.07, 6.45) is 9.57. The van der Waals surface area contributed by atoms with E-state index in [1.807, 2.05) is 0 Å². The topological polar surface area (TPSA) is 40.0 Å². The van der Waals surface area contributed by atoms with Crippen LogP contribution in [0, 0.1) is 0 Å². The van der Waals surface area contributed by atoms with Crippen molar-refractivity contribution in [1.82, 2.24) is 0 Å². The molecule has 1 saturated carbocycles. The highest BCUT2D eigenvalue weighted by atomic mass is 28.5. The third-order valence-electron chi connectivity index (χ3n) is 3.86. The summed E-state index contributed by atoms with van der Waals surface area (Å²) in [6, 6.07) is 1.40. The highest BCUT2D eigenvalue weighted by Gasteiger charge is 2.49. The molecule has 0 heterocycles. The van der Waals surface area contributed by atoms with Gasteiger partial charge in [0.05, 0.1) is 0 Å². The van der Waals surface area contributed by atoms with Crippen molar-refractivity contribution in [1.29, 1.82) is 0 Å². The van der Waals surface area contributed by atoms with E-state index in [1.165, 1.54) is 32.1 Å². The van der Waals surface area contributed by atoms with Gasteiger partial charge >= 0.3 is 8.80 Å². The smallest absolute Gasteiger partial charge is 0.417 e. The van der Waals surface area contributed by atoms with E-state index in [0.29, 0.717) is 6.04 Å². The van der Waals surface area contributed by atoms with Crippen molar-refractivity contribution in [3.05, 3.63) is 0 Å². The fourth-order valence-electron chi connectivity index (χ4n) is 3.31. The highest BCUT2D eigenvalue weighted by molar-refractivity contribution is 6.90. The predicted octanol–water partition coefficient (Wildman–Crippen LogP) is 6.27. The average Bonchev–Trinajstić information content (AvgIpc) is 2.39. The first-order valence-corrected chi connectivity index (χ1v) is 22.5. The molecule has 0 N–H and O–H groups in total. The molecule has 0 bridgehead atoms. The largest absolute Gasteiger partial charge is 0.469 e. The van der Waals surface area contributed by atoms with Crippen LogP contribution in [0.1, 0.15) is 38.5 Å². The minimum absolute atomic E-state index is 0.536. The lowest BCUT2D eigenvalue weighted by atomic mass is 9.96. The van der Waals surface area contributed by atoms with Crippen LogP contribution in [0.15, 0.2) is 4.99 Å². The summed E-state index contributed by atoms with van der Waals surface area (Å²) < 4.78 is 20.1. The number of rotatable bonds is 10. The summed E-state index contributed by atoms with van der Waals surface area (Å²) in [6.45, 7) is 20.2. The van der Waals surface area contributed by atoms with Gasteiger partial charge in [0.1, 0.15) is 0 Å². The van der Waals surface area contributed by atoms with Crippen LogP contribution in [0.4, 0.5) is 0 Å². The second kappa shape index (κ2) is 9.75. The Morgan fingerprint density at radius 2 is 1.15 bits per heavy atom. The molecular formula is C18H43NO3Si4. The number of hydrogen-bond donors (Lipinski definition) is 0. The predicted molar refractivity (Wildman–Crippen MR) is 124 cm³/mol. The van der Waals surface area contributed by atoms with Gasteiger partial charge < -0.3 is 12.3 Å². The maximum Gasteiger partial charge on any atom is 0.469 e. The van der Waals surface area contributed by atoms with E-state index in [9.17, 15) is 0 Å². The van der Waals surface area contributed by atoms with Crippen molar-refractivity contribution in [2.45, 2.75) is 110 Å². The molecule has 26 heavy (non-hydrogen) atoms. The fourth-order valence-corrected chi connectivity index (χ4v) is 17.8. The van der Waals surface area contributed by atoms with E-state index in [1.54, 1.807) is 0 Å². The van der Waals surface area contributed by atoms with Gasteiger partial charge in [0, 0.05) is 12.1 Å². The van der Waals surface area contributed by atoms with Crippen LogP contribution in [-0.4, -0.2) is 46.0 Å². The molecule has 1 fully saturated rings. The van der Waals surface area contributed by atoms with Gasteiger partial charge in [-0.05, 0) is 84.4 Å². The molecule has 1 aliphatic rings. The molecule has 8 heteroatoms.